The minimum absolute atomic E-state index is 0.213. The predicted octanol–water partition coefficient (Wildman–Crippen LogP) is 4.95. The molecule has 1 amide bonds. The Morgan fingerprint density at radius 3 is 2.45 bits per heavy atom. The molecule has 2 aromatic rings. The molecule has 2 rings (SSSR count). The van der Waals surface area contributed by atoms with Gasteiger partial charge in [0.25, 0.3) is 0 Å². The Labute approximate surface area is 128 Å². The summed E-state index contributed by atoms with van der Waals surface area (Å²) in [7, 11) is 0. The molecule has 0 fully saturated rings. The standard InChI is InChI=1S/C16H13Cl2NO/c1-11-9-13(17)14(18)10-15(11)19-16(20)8-7-12-5-3-2-4-6-12/h2-10H,1H3,(H,19,20). The third-order valence-electron chi connectivity index (χ3n) is 2.75. The van der Waals surface area contributed by atoms with Gasteiger partial charge >= 0.3 is 0 Å². The van der Waals surface area contributed by atoms with Gasteiger partial charge in [-0.3, -0.25) is 4.79 Å². The van der Waals surface area contributed by atoms with E-state index in [0.717, 1.165) is 11.1 Å². The van der Waals surface area contributed by atoms with Crippen molar-refractivity contribution in [3.05, 3.63) is 69.7 Å². The van der Waals surface area contributed by atoms with Crippen LogP contribution in [-0.4, -0.2) is 5.91 Å². The molecule has 0 spiro atoms. The van der Waals surface area contributed by atoms with Crippen molar-refractivity contribution >= 4 is 40.9 Å². The molecule has 0 atom stereocenters. The van der Waals surface area contributed by atoms with Gasteiger partial charge in [0, 0.05) is 11.8 Å². The first-order valence-electron chi connectivity index (χ1n) is 6.06. The van der Waals surface area contributed by atoms with Gasteiger partial charge in [0.1, 0.15) is 0 Å². The highest BCUT2D eigenvalue weighted by Gasteiger charge is 2.06. The SMILES string of the molecule is Cc1cc(Cl)c(Cl)cc1NC(=O)C=Cc1ccccc1. The lowest BCUT2D eigenvalue weighted by atomic mass is 10.2. The number of rotatable bonds is 3. The van der Waals surface area contributed by atoms with E-state index in [2.05, 4.69) is 5.32 Å². The fourth-order valence-electron chi connectivity index (χ4n) is 1.69. The molecular formula is C16H13Cl2NO. The van der Waals surface area contributed by atoms with E-state index >= 15 is 0 Å². The van der Waals surface area contributed by atoms with E-state index in [-0.39, 0.29) is 5.91 Å². The van der Waals surface area contributed by atoms with Crippen LogP contribution in [0.3, 0.4) is 0 Å². The van der Waals surface area contributed by atoms with Crippen molar-refractivity contribution in [2.75, 3.05) is 5.32 Å². The number of nitrogens with one attached hydrogen (secondary N) is 1. The van der Waals surface area contributed by atoms with Gasteiger partial charge < -0.3 is 5.32 Å². The number of amides is 1. The molecule has 0 aliphatic heterocycles. The summed E-state index contributed by atoms with van der Waals surface area (Å²) in [6.45, 7) is 1.86. The molecule has 0 aliphatic rings. The number of carbonyl (C=O) groups excluding carboxylic acids is 1. The van der Waals surface area contributed by atoms with Crippen molar-refractivity contribution in [1.29, 1.82) is 0 Å². The van der Waals surface area contributed by atoms with E-state index in [1.165, 1.54) is 6.08 Å². The van der Waals surface area contributed by atoms with E-state index in [1.54, 1.807) is 18.2 Å². The summed E-state index contributed by atoms with van der Waals surface area (Å²) in [5.41, 5.74) is 2.48. The number of anilines is 1. The van der Waals surface area contributed by atoms with E-state index in [4.69, 9.17) is 23.2 Å². The van der Waals surface area contributed by atoms with Gasteiger partial charge in [0.15, 0.2) is 0 Å². The second-order valence-corrected chi connectivity index (χ2v) is 5.13. The fraction of sp³-hybridized carbons (Fsp3) is 0.0625. The lowest BCUT2D eigenvalue weighted by molar-refractivity contribution is -0.111. The predicted molar refractivity (Wildman–Crippen MR) is 85.3 cm³/mol. The van der Waals surface area contributed by atoms with Gasteiger partial charge in [0.05, 0.1) is 10.0 Å². The summed E-state index contributed by atoms with van der Waals surface area (Å²) in [5, 5.41) is 3.67. The Bertz CT molecular complexity index is 651. The van der Waals surface area contributed by atoms with Crippen LogP contribution in [0.4, 0.5) is 5.69 Å². The van der Waals surface area contributed by atoms with E-state index in [0.29, 0.717) is 15.7 Å². The first-order chi connectivity index (χ1) is 9.56. The summed E-state index contributed by atoms with van der Waals surface area (Å²) in [5.74, 6) is -0.213. The molecule has 2 aromatic carbocycles. The Morgan fingerprint density at radius 2 is 1.75 bits per heavy atom. The monoisotopic (exact) mass is 305 g/mol. The Hall–Kier alpha value is -1.77. The second kappa shape index (κ2) is 6.60. The van der Waals surface area contributed by atoms with Crippen molar-refractivity contribution in [3.8, 4) is 0 Å². The number of carbonyl (C=O) groups is 1. The van der Waals surface area contributed by atoms with Crippen LogP contribution in [0.5, 0.6) is 0 Å². The zero-order valence-electron chi connectivity index (χ0n) is 10.9. The van der Waals surface area contributed by atoms with Gasteiger partial charge in [-0.25, -0.2) is 0 Å². The van der Waals surface area contributed by atoms with E-state index < -0.39 is 0 Å². The average Bonchev–Trinajstić information content (AvgIpc) is 2.44. The molecule has 1 N–H and O–H groups in total. The van der Waals surface area contributed by atoms with Crippen LogP contribution in [0.1, 0.15) is 11.1 Å². The van der Waals surface area contributed by atoms with E-state index in [9.17, 15) is 4.79 Å². The molecule has 0 heterocycles. The maximum absolute atomic E-state index is 11.9. The Morgan fingerprint density at radius 1 is 1.10 bits per heavy atom. The first kappa shape index (κ1) is 14.6. The van der Waals surface area contributed by atoms with Gasteiger partial charge in [0.2, 0.25) is 5.91 Å². The molecule has 0 aromatic heterocycles. The van der Waals surface area contributed by atoms with Crippen LogP contribution in [0, 0.1) is 6.92 Å². The molecule has 0 bridgehead atoms. The molecule has 4 heteroatoms. The lowest BCUT2D eigenvalue weighted by Gasteiger charge is -2.08. The van der Waals surface area contributed by atoms with Crippen LogP contribution in [0.15, 0.2) is 48.5 Å². The second-order valence-electron chi connectivity index (χ2n) is 4.31. The largest absolute Gasteiger partial charge is 0.322 e. The van der Waals surface area contributed by atoms with Crippen LogP contribution in [0.25, 0.3) is 6.08 Å². The number of benzene rings is 2. The van der Waals surface area contributed by atoms with Crippen LogP contribution < -0.4 is 5.32 Å². The molecular weight excluding hydrogens is 293 g/mol. The van der Waals surface area contributed by atoms with Crippen LogP contribution >= 0.6 is 23.2 Å². The molecule has 0 saturated heterocycles. The van der Waals surface area contributed by atoms with Gasteiger partial charge in [-0.15, -0.1) is 0 Å². The fourth-order valence-corrected chi connectivity index (χ4v) is 2.07. The van der Waals surface area contributed by atoms with Crippen molar-refractivity contribution in [2.24, 2.45) is 0 Å². The maximum Gasteiger partial charge on any atom is 0.248 e. The topological polar surface area (TPSA) is 29.1 Å². The van der Waals surface area contributed by atoms with Crippen LogP contribution in [-0.2, 0) is 4.79 Å². The summed E-state index contributed by atoms with van der Waals surface area (Å²) in [4.78, 5) is 11.9. The molecule has 20 heavy (non-hydrogen) atoms. The summed E-state index contributed by atoms with van der Waals surface area (Å²) < 4.78 is 0. The number of halogens is 2. The molecule has 0 radical (unpaired) electrons. The molecule has 102 valence electrons. The maximum atomic E-state index is 11.9. The van der Waals surface area contributed by atoms with Gasteiger partial charge in [-0.2, -0.15) is 0 Å². The molecule has 0 aliphatic carbocycles. The highest BCUT2D eigenvalue weighted by Crippen LogP contribution is 2.28. The van der Waals surface area contributed by atoms with Crippen molar-refractivity contribution in [2.45, 2.75) is 6.92 Å². The quantitative estimate of drug-likeness (QED) is 0.798. The normalized spacial score (nSPS) is 10.8. The first-order valence-corrected chi connectivity index (χ1v) is 6.81. The third kappa shape index (κ3) is 3.86. The number of hydrogen-bond acceptors (Lipinski definition) is 1. The summed E-state index contributed by atoms with van der Waals surface area (Å²) in [6, 6.07) is 13.0. The average molecular weight is 306 g/mol. The Balaban J connectivity index is 2.09. The van der Waals surface area contributed by atoms with Crippen LogP contribution in [0.2, 0.25) is 10.0 Å². The number of hydrogen-bond donors (Lipinski definition) is 1. The highest BCUT2D eigenvalue weighted by molar-refractivity contribution is 6.42. The summed E-state index contributed by atoms with van der Waals surface area (Å²) in [6.07, 6.45) is 3.24. The van der Waals surface area contributed by atoms with Crippen molar-refractivity contribution < 1.29 is 4.79 Å². The number of aryl methyl sites for hydroxylation is 1. The highest BCUT2D eigenvalue weighted by atomic mass is 35.5. The summed E-state index contributed by atoms with van der Waals surface area (Å²) >= 11 is 11.8. The zero-order valence-corrected chi connectivity index (χ0v) is 12.4. The van der Waals surface area contributed by atoms with Gasteiger partial charge in [-0.05, 0) is 36.3 Å². The smallest absolute Gasteiger partial charge is 0.248 e. The third-order valence-corrected chi connectivity index (χ3v) is 3.47. The lowest BCUT2D eigenvalue weighted by Crippen LogP contribution is -2.09. The van der Waals surface area contributed by atoms with Crippen molar-refractivity contribution in [3.63, 3.8) is 0 Å². The Kier molecular flexibility index (Phi) is 4.83. The van der Waals surface area contributed by atoms with E-state index in [1.807, 2.05) is 37.3 Å². The molecule has 2 nitrogen and oxygen atoms in total. The minimum atomic E-state index is -0.213. The van der Waals surface area contributed by atoms with Gasteiger partial charge in [-0.1, -0.05) is 53.5 Å². The van der Waals surface area contributed by atoms with Crippen molar-refractivity contribution in [1.82, 2.24) is 0 Å². The molecule has 0 unspecified atom stereocenters. The zero-order chi connectivity index (χ0) is 14.5. The molecule has 0 saturated carbocycles. The minimum Gasteiger partial charge on any atom is -0.322 e.